The largest absolute Gasteiger partial charge is 0.467 e. The van der Waals surface area contributed by atoms with Crippen molar-refractivity contribution in [1.29, 1.82) is 0 Å². The molecule has 0 spiro atoms. The van der Waals surface area contributed by atoms with Gasteiger partial charge >= 0.3 is 5.97 Å². The fourth-order valence-electron chi connectivity index (χ4n) is 1.97. The second-order valence-corrected chi connectivity index (χ2v) is 5.87. The molecule has 0 bridgehead atoms. The van der Waals surface area contributed by atoms with Crippen molar-refractivity contribution in [2.24, 2.45) is 0 Å². The normalized spacial score (nSPS) is 11.5. The summed E-state index contributed by atoms with van der Waals surface area (Å²) in [5, 5.41) is 2.70. The minimum Gasteiger partial charge on any atom is -0.467 e. The van der Waals surface area contributed by atoms with Gasteiger partial charge in [0.25, 0.3) is 5.91 Å². The van der Waals surface area contributed by atoms with Gasteiger partial charge in [0.1, 0.15) is 6.04 Å². The number of pyridine rings is 1. The van der Waals surface area contributed by atoms with Crippen LogP contribution in [0.4, 0.5) is 0 Å². The highest BCUT2D eigenvalue weighted by molar-refractivity contribution is 14.1. The van der Waals surface area contributed by atoms with Crippen LogP contribution in [-0.2, 0) is 16.0 Å². The first kappa shape index (κ1) is 16.4. The monoisotopic (exact) mass is 410 g/mol. The van der Waals surface area contributed by atoms with Gasteiger partial charge in [0, 0.05) is 22.4 Å². The van der Waals surface area contributed by atoms with Gasteiger partial charge in [0.05, 0.1) is 12.7 Å². The molecule has 2 aromatic rings. The van der Waals surface area contributed by atoms with E-state index in [1.54, 1.807) is 18.3 Å². The van der Waals surface area contributed by atoms with E-state index in [4.69, 9.17) is 4.74 Å². The van der Waals surface area contributed by atoms with Crippen LogP contribution in [-0.4, -0.2) is 30.0 Å². The van der Waals surface area contributed by atoms with Crippen molar-refractivity contribution in [3.8, 4) is 0 Å². The van der Waals surface area contributed by atoms with Crippen molar-refractivity contribution in [3.05, 3.63) is 63.5 Å². The molecule has 0 unspecified atom stereocenters. The van der Waals surface area contributed by atoms with E-state index in [0.29, 0.717) is 12.0 Å². The van der Waals surface area contributed by atoms with Crippen LogP contribution >= 0.6 is 22.6 Å². The molecule has 1 aromatic heterocycles. The summed E-state index contributed by atoms with van der Waals surface area (Å²) in [5.41, 5.74) is 1.35. The van der Waals surface area contributed by atoms with Crippen molar-refractivity contribution >= 4 is 34.5 Å². The lowest BCUT2D eigenvalue weighted by atomic mass is 10.1. The van der Waals surface area contributed by atoms with E-state index >= 15 is 0 Å². The summed E-state index contributed by atoms with van der Waals surface area (Å²) in [6.45, 7) is 0. The number of nitrogens with zero attached hydrogens (tertiary/aromatic N) is 1. The van der Waals surface area contributed by atoms with Crippen molar-refractivity contribution in [2.45, 2.75) is 12.5 Å². The van der Waals surface area contributed by atoms with Gasteiger partial charge in [-0.15, -0.1) is 0 Å². The first-order valence-electron chi connectivity index (χ1n) is 6.63. The van der Waals surface area contributed by atoms with Crippen LogP contribution < -0.4 is 5.32 Å². The zero-order chi connectivity index (χ0) is 15.9. The van der Waals surface area contributed by atoms with E-state index in [-0.39, 0.29) is 5.91 Å². The number of aromatic nitrogens is 1. The molecule has 0 saturated heterocycles. The number of methoxy groups -OCH3 is 1. The van der Waals surface area contributed by atoms with Gasteiger partial charge in [-0.05, 0) is 52.4 Å². The van der Waals surface area contributed by atoms with E-state index in [1.165, 1.54) is 13.3 Å². The Bertz CT molecular complexity index is 661. The molecule has 1 N–H and O–H groups in total. The van der Waals surface area contributed by atoms with Crippen LogP contribution in [0.1, 0.15) is 15.9 Å². The van der Waals surface area contributed by atoms with E-state index in [1.807, 2.05) is 24.3 Å². The third kappa shape index (κ3) is 4.52. The molecular formula is C16H15IN2O3. The van der Waals surface area contributed by atoms with Gasteiger partial charge in [-0.1, -0.05) is 12.1 Å². The first-order valence-corrected chi connectivity index (χ1v) is 7.71. The summed E-state index contributed by atoms with van der Waals surface area (Å²) in [7, 11) is 1.31. The van der Waals surface area contributed by atoms with Gasteiger partial charge in [-0.25, -0.2) is 4.79 Å². The number of carbonyl (C=O) groups is 2. The van der Waals surface area contributed by atoms with Gasteiger partial charge in [-0.3, -0.25) is 9.78 Å². The quantitative estimate of drug-likeness (QED) is 0.607. The molecule has 1 atom stereocenters. The summed E-state index contributed by atoms with van der Waals surface area (Å²) in [5.74, 6) is -0.828. The highest BCUT2D eigenvalue weighted by atomic mass is 127. The summed E-state index contributed by atoms with van der Waals surface area (Å²) < 4.78 is 5.85. The minimum absolute atomic E-state index is 0.353. The molecule has 1 aromatic carbocycles. The second-order valence-electron chi connectivity index (χ2n) is 4.62. The fraction of sp³-hybridized carbons (Fsp3) is 0.188. The molecule has 0 fully saturated rings. The van der Waals surface area contributed by atoms with E-state index in [9.17, 15) is 9.59 Å². The van der Waals surface area contributed by atoms with Gasteiger partial charge in [0.15, 0.2) is 0 Å². The Labute approximate surface area is 142 Å². The Balaban J connectivity index is 2.13. The Morgan fingerprint density at radius 1 is 1.32 bits per heavy atom. The predicted octanol–water partition coefficient (Wildman–Crippen LogP) is 2.20. The van der Waals surface area contributed by atoms with E-state index in [0.717, 1.165) is 9.13 Å². The van der Waals surface area contributed by atoms with Crippen LogP contribution in [0.3, 0.4) is 0 Å². The summed E-state index contributed by atoms with van der Waals surface area (Å²) >= 11 is 2.20. The molecule has 0 aliphatic carbocycles. The second kappa shape index (κ2) is 7.88. The molecule has 22 heavy (non-hydrogen) atoms. The highest BCUT2D eigenvalue weighted by Crippen LogP contribution is 2.11. The van der Waals surface area contributed by atoms with Crippen LogP contribution in [0.25, 0.3) is 0 Å². The highest BCUT2D eigenvalue weighted by Gasteiger charge is 2.22. The van der Waals surface area contributed by atoms with Crippen LogP contribution in [0.2, 0.25) is 0 Å². The number of ether oxygens (including phenoxy) is 1. The smallest absolute Gasteiger partial charge is 0.328 e. The minimum atomic E-state index is -0.740. The van der Waals surface area contributed by atoms with Gasteiger partial charge in [-0.2, -0.15) is 0 Å². The maximum atomic E-state index is 12.2. The molecule has 0 aliphatic heterocycles. The fourth-order valence-corrected chi connectivity index (χ4v) is 2.58. The third-order valence-corrected chi connectivity index (χ3v) is 3.71. The maximum Gasteiger partial charge on any atom is 0.328 e. The van der Waals surface area contributed by atoms with Crippen molar-refractivity contribution in [2.75, 3.05) is 7.11 Å². The summed E-state index contributed by atoms with van der Waals surface area (Å²) in [6, 6.07) is 10.3. The summed E-state index contributed by atoms with van der Waals surface area (Å²) in [6.07, 6.45) is 3.41. The summed E-state index contributed by atoms with van der Waals surface area (Å²) in [4.78, 5) is 28.0. The number of halogens is 1. The van der Waals surface area contributed by atoms with Crippen LogP contribution in [0.5, 0.6) is 0 Å². The van der Waals surface area contributed by atoms with Gasteiger partial charge in [0.2, 0.25) is 0 Å². The first-order chi connectivity index (χ1) is 10.6. The molecule has 0 radical (unpaired) electrons. The average molecular weight is 410 g/mol. The standard InChI is InChI=1S/C16H15IN2O3/c1-22-16(21)14(9-11-4-2-6-13(17)8-11)19-15(20)12-5-3-7-18-10-12/h2-8,10,14H,9H2,1H3,(H,19,20)/t14-/m0/s1. The zero-order valence-electron chi connectivity index (χ0n) is 12.0. The molecule has 6 heteroatoms. The lowest BCUT2D eigenvalue weighted by Gasteiger charge is -2.16. The number of hydrogen-bond acceptors (Lipinski definition) is 4. The molecule has 0 aliphatic rings. The number of carbonyl (C=O) groups excluding carboxylic acids is 2. The van der Waals surface area contributed by atoms with E-state index in [2.05, 4.69) is 32.9 Å². The lowest BCUT2D eigenvalue weighted by Crippen LogP contribution is -2.43. The maximum absolute atomic E-state index is 12.2. The molecule has 1 heterocycles. The number of rotatable bonds is 5. The Kier molecular flexibility index (Phi) is 5.88. The number of amides is 1. The SMILES string of the molecule is COC(=O)[C@H](Cc1cccc(I)c1)NC(=O)c1cccnc1. The van der Waals surface area contributed by atoms with Crippen molar-refractivity contribution < 1.29 is 14.3 Å². The van der Waals surface area contributed by atoms with E-state index < -0.39 is 12.0 Å². The van der Waals surface area contributed by atoms with Crippen LogP contribution in [0.15, 0.2) is 48.8 Å². The van der Waals surface area contributed by atoms with Gasteiger partial charge < -0.3 is 10.1 Å². The molecule has 5 nitrogen and oxygen atoms in total. The molecule has 114 valence electrons. The lowest BCUT2D eigenvalue weighted by molar-refractivity contribution is -0.142. The molecule has 2 rings (SSSR count). The molecule has 1 amide bonds. The van der Waals surface area contributed by atoms with Crippen molar-refractivity contribution in [1.82, 2.24) is 10.3 Å². The number of benzene rings is 1. The van der Waals surface area contributed by atoms with Crippen molar-refractivity contribution in [3.63, 3.8) is 0 Å². The predicted molar refractivity (Wildman–Crippen MR) is 90.4 cm³/mol. The average Bonchev–Trinajstić information content (AvgIpc) is 2.54. The third-order valence-electron chi connectivity index (χ3n) is 3.04. The Morgan fingerprint density at radius 3 is 2.77 bits per heavy atom. The molecule has 0 saturated carbocycles. The number of esters is 1. The number of nitrogens with one attached hydrogen (secondary N) is 1. The number of hydrogen-bond donors (Lipinski definition) is 1. The molecular weight excluding hydrogens is 395 g/mol. The topological polar surface area (TPSA) is 68.3 Å². The zero-order valence-corrected chi connectivity index (χ0v) is 14.1. The Morgan fingerprint density at radius 2 is 2.14 bits per heavy atom. The Hall–Kier alpha value is -1.96. The van der Waals surface area contributed by atoms with Crippen LogP contribution in [0, 0.1) is 3.57 Å².